The molecule has 8 rings (SSSR count). The van der Waals surface area contributed by atoms with Gasteiger partial charge in [-0.2, -0.15) is 0 Å². The van der Waals surface area contributed by atoms with Crippen molar-refractivity contribution in [1.82, 2.24) is 0 Å². The minimum Gasteiger partial charge on any atom is -0.355 e. The molecule has 0 spiro atoms. The Morgan fingerprint density at radius 2 is 1.00 bits per heavy atom. The quantitative estimate of drug-likeness (QED) is 0.209. The lowest BCUT2D eigenvalue weighted by Crippen LogP contribution is -2.33. The van der Waals surface area contributed by atoms with Gasteiger partial charge in [-0.3, -0.25) is 0 Å². The Labute approximate surface area is 274 Å². The Morgan fingerprint density at radius 1 is 0.435 bits per heavy atom. The standard InChI is InChI=1S/C45H41N/c1-43(2)26-27-44(3,4)41-28-31(24-25-39(41)43)36-29-37-35-22-14-15-23-38(35)45(32-16-8-5-9-17-32,33-18-10-6-11-19-33)40(37)30-42(36)46-34-20-12-7-13-21-34/h5-25,28-30,46H,26-27H2,1-4H3. The van der Waals surface area contributed by atoms with Crippen molar-refractivity contribution in [3.8, 4) is 22.3 Å². The lowest BCUT2D eigenvalue weighted by atomic mass is 9.63. The topological polar surface area (TPSA) is 12.0 Å². The second-order valence-electron chi connectivity index (χ2n) is 14.5. The number of rotatable bonds is 5. The predicted octanol–water partition coefficient (Wildman–Crippen LogP) is 11.8. The molecule has 46 heavy (non-hydrogen) atoms. The SMILES string of the molecule is CC1(C)CCC(C)(C)c2cc(-c3cc4c(cc3Nc3ccccc3)C(c3ccccc3)(c3ccccc3)c3ccccc3-4)ccc21. The van der Waals surface area contributed by atoms with E-state index in [2.05, 4.69) is 179 Å². The maximum absolute atomic E-state index is 3.89. The van der Waals surface area contributed by atoms with Crippen LogP contribution in [0.25, 0.3) is 22.3 Å². The lowest BCUT2D eigenvalue weighted by molar-refractivity contribution is 0.332. The highest BCUT2D eigenvalue weighted by molar-refractivity contribution is 5.94. The monoisotopic (exact) mass is 595 g/mol. The highest BCUT2D eigenvalue weighted by atomic mass is 14.9. The molecular weight excluding hydrogens is 555 g/mol. The number of anilines is 2. The molecule has 0 saturated carbocycles. The van der Waals surface area contributed by atoms with E-state index < -0.39 is 5.41 Å². The van der Waals surface area contributed by atoms with Crippen molar-refractivity contribution in [2.24, 2.45) is 0 Å². The molecule has 0 aromatic heterocycles. The molecule has 0 saturated heterocycles. The minimum atomic E-state index is -0.442. The Bertz CT molecular complexity index is 2010. The van der Waals surface area contributed by atoms with E-state index in [1.54, 1.807) is 0 Å². The molecule has 0 radical (unpaired) electrons. The van der Waals surface area contributed by atoms with Crippen LogP contribution in [0.2, 0.25) is 0 Å². The second-order valence-corrected chi connectivity index (χ2v) is 14.5. The maximum Gasteiger partial charge on any atom is 0.0714 e. The van der Waals surface area contributed by atoms with Gasteiger partial charge in [-0.25, -0.2) is 0 Å². The summed E-state index contributed by atoms with van der Waals surface area (Å²) in [6, 6.07) is 54.0. The van der Waals surface area contributed by atoms with Crippen molar-refractivity contribution >= 4 is 11.4 Å². The molecule has 1 N–H and O–H groups in total. The van der Waals surface area contributed by atoms with Crippen LogP contribution in [-0.2, 0) is 16.2 Å². The summed E-state index contributed by atoms with van der Waals surface area (Å²) >= 11 is 0. The molecule has 0 fully saturated rings. The molecule has 2 aliphatic carbocycles. The van der Waals surface area contributed by atoms with Crippen LogP contribution in [0.5, 0.6) is 0 Å². The second kappa shape index (κ2) is 10.6. The van der Waals surface area contributed by atoms with Crippen LogP contribution in [0.1, 0.15) is 73.9 Å². The fourth-order valence-corrected chi connectivity index (χ4v) is 8.26. The molecule has 1 heteroatoms. The van der Waals surface area contributed by atoms with Gasteiger partial charge in [0.2, 0.25) is 0 Å². The third-order valence-electron chi connectivity index (χ3n) is 10.8. The average Bonchev–Trinajstić information content (AvgIpc) is 3.38. The summed E-state index contributed by atoms with van der Waals surface area (Å²) in [5.74, 6) is 0. The van der Waals surface area contributed by atoms with E-state index in [0.717, 1.165) is 11.4 Å². The minimum absolute atomic E-state index is 0.132. The van der Waals surface area contributed by atoms with Gasteiger partial charge in [-0.05, 0) is 98.0 Å². The first kappa shape index (κ1) is 28.6. The molecule has 0 atom stereocenters. The van der Waals surface area contributed by atoms with E-state index in [-0.39, 0.29) is 10.8 Å². The van der Waals surface area contributed by atoms with Crippen LogP contribution in [0, 0.1) is 0 Å². The van der Waals surface area contributed by atoms with Gasteiger partial charge in [0, 0.05) is 16.9 Å². The van der Waals surface area contributed by atoms with E-state index in [9.17, 15) is 0 Å². The first-order valence-corrected chi connectivity index (χ1v) is 16.7. The summed E-state index contributed by atoms with van der Waals surface area (Å²) in [5.41, 5.74) is 15.4. The number of hydrogen-bond donors (Lipinski definition) is 1. The van der Waals surface area contributed by atoms with Crippen LogP contribution in [0.4, 0.5) is 11.4 Å². The third-order valence-corrected chi connectivity index (χ3v) is 10.8. The fourth-order valence-electron chi connectivity index (χ4n) is 8.26. The molecule has 1 nitrogen and oxygen atoms in total. The van der Waals surface area contributed by atoms with E-state index in [0.29, 0.717) is 0 Å². The summed E-state index contributed by atoms with van der Waals surface area (Å²) in [6.45, 7) is 9.65. The van der Waals surface area contributed by atoms with Crippen LogP contribution >= 0.6 is 0 Å². The first-order valence-electron chi connectivity index (χ1n) is 16.7. The van der Waals surface area contributed by atoms with Crippen molar-refractivity contribution < 1.29 is 0 Å². The van der Waals surface area contributed by atoms with Crippen LogP contribution in [0.3, 0.4) is 0 Å². The van der Waals surface area contributed by atoms with Gasteiger partial charge in [0.05, 0.1) is 5.41 Å². The van der Waals surface area contributed by atoms with Crippen LogP contribution in [-0.4, -0.2) is 0 Å². The molecule has 0 aliphatic heterocycles. The van der Waals surface area contributed by atoms with Gasteiger partial charge in [0.1, 0.15) is 0 Å². The predicted molar refractivity (Wildman–Crippen MR) is 194 cm³/mol. The van der Waals surface area contributed by atoms with E-state index in [1.165, 1.54) is 68.5 Å². The summed E-state index contributed by atoms with van der Waals surface area (Å²) in [4.78, 5) is 0. The van der Waals surface area contributed by atoms with Gasteiger partial charge < -0.3 is 5.32 Å². The lowest BCUT2D eigenvalue weighted by Gasteiger charge is -2.42. The third kappa shape index (κ3) is 4.36. The Morgan fingerprint density at radius 3 is 1.65 bits per heavy atom. The fraction of sp³-hybridized carbons (Fsp3) is 0.200. The number of para-hydroxylation sites is 1. The van der Waals surface area contributed by atoms with Crippen molar-refractivity contribution in [3.63, 3.8) is 0 Å². The Hall–Kier alpha value is -4.88. The zero-order valence-electron chi connectivity index (χ0n) is 27.3. The highest BCUT2D eigenvalue weighted by Crippen LogP contribution is 2.58. The number of nitrogens with one attached hydrogen (secondary N) is 1. The molecule has 2 aliphatic rings. The van der Waals surface area contributed by atoms with Gasteiger partial charge in [0.15, 0.2) is 0 Å². The molecule has 0 heterocycles. The zero-order chi connectivity index (χ0) is 31.5. The van der Waals surface area contributed by atoms with Crippen molar-refractivity contribution in [3.05, 3.63) is 179 Å². The first-order chi connectivity index (χ1) is 22.3. The van der Waals surface area contributed by atoms with E-state index in [1.807, 2.05) is 0 Å². The number of benzene rings is 6. The van der Waals surface area contributed by atoms with Crippen molar-refractivity contribution in [1.29, 1.82) is 0 Å². The molecule has 226 valence electrons. The van der Waals surface area contributed by atoms with Crippen LogP contribution < -0.4 is 5.32 Å². The van der Waals surface area contributed by atoms with Crippen molar-refractivity contribution in [2.45, 2.75) is 56.8 Å². The summed E-state index contributed by atoms with van der Waals surface area (Å²) in [5, 5.41) is 3.89. The van der Waals surface area contributed by atoms with Gasteiger partial charge in [-0.1, -0.05) is 149 Å². The van der Waals surface area contributed by atoms with Gasteiger partial charge in [0.25, 0.3) is 0 Å². The Kier molecular flexibility index (Phi) is 6.58. The number of fused-ring (bicyclic) bond motifs is 4. The Balaban J connectivity index is 1.44. The van der Waals surface area contributed by atoms with E-state index in [4.69, 9.17) is 0 Å². The normalized spacial score (nSPS) is 16.6. The van der Waals surface area contributed by atoms with E-state index >= 15 is 0 Å². The molecule has 0 unspecified atom stereocenters. The van der Waals surface area contributed by atoms with Crippen molar-refractivity contribution in [2.75, 3.05) is 5.32 Å². The summed E-state index contributed by atoms with van der Waals surface area (Å²) in [6.07, 6.45) is 2.41. The molecule has 0 amide bonds. The average molecular weight is 596 g/mol. The van der Waals surface area contributed by atoms with Gasteiger partial charge in [-0.15, -0.1) is 0 Å². The van der Waals surface area contributed by atoms with Crippen LogP contribution in [0.15, 0.2) is 146 Å². The molecule has 0 bridgehead atoms. The summed E-state index contributed by atoms with van der Waals surface area (Å²) in [7, 11) is 0. The number of hydrogen-bond acceptors (Lipinski definition) is 1. The highest BCUT2D eigenvalue weighted by Gasteiger charge is 2.46. The zero-order valence-corrected chi connectivity index (χ0v) is 27.3. The maximum atomic E-state index is 3.89. The van der Waals surface area contributed by atoms with Gasteiger partial charge >= 0.3 is 0 Å². The molecular formula is C45H41N. The largest absolute Gasteiger partial charge is 0.355 e. The molecule has 6 aromatic rings. The smallest absolute Gasteiger partial charge is 0.0714 e. The summed E-state index contributed by atoms with van der Waals surface area (Å²) < 4.78 is 0. The molecule has 6 aromatic carbocycles.